The summed E-state index contributed by atoms with van der Waals surface area (Å²) in [7, 11) is 1.63. The number of halogens is 1. The van der Waals surface area contributed by atoms with E-state index in [0.29, 0.717) is 17.2 Å². The Hall–Kier alpha value is -3.76. The average molecular weight is 458 g/mol. The maximum absolute atomic E-state index is 12.8. The molecule has 4 nitrogen and oxygen atoms in total. The predicted molar refractivity (Wildman–Crippen MR) is 133 cm³/mol. The molecular weight excluding hydrogens is 434 g/mol. The lowest BCUT2D eigenvalue weighted by atomic mass is 10.1. The minimum atomic E-state index is -0.0609. The van der Waals surface area contributed by atoms with Crippen molar-refractivity contribution in [2.45, 2.75) is 13.5 Å². The van der Waals surface area contributed by atoms with E-state index in [4.69, 9.17) is 21.1 Å². The van der Waals surface area contributed by atoms with Crippen LogP contribution in [0, 0.1) is 6.92 Å². The molecule has 0 bridgehead atoms. The zero-order chi connectivity index (χ0) is 23.2. The highest BCUT2D eigenvalue weighted by molar-refractivity contribution is 6.31. The molecule has 0 saturated carbocycles. The first-order chi connectivity index (χ1) is 16.0. The van der Waals surface area contributed by atoms with Gasteiger partial charge in [0.1, 0.15) is 18.1 Å². The molecule has 0 radical (unpaired) electrons. The molecule has 33 heavy (non-hydrogen) atoms. The van der Waals surface area contributed by atoms with Gasteiger partial charge in [0, 0.05) is 34.2 Å². The summed E-state index contributed by atoms with van der Waals surface area (Å²) in [5, 5.41) is 0.704. The maximum Gasteiger partial charge on any atom is 0.185 e. The Morgan fingerprint density at radius 1 is 1.00 bits per heavy atom. The van der Waals surface area contributed by atoms with E-state index in [1.54, 1.807) is 19.3 Å². The quantitative estimate of drug-likeness (QED) is 0.213. The lowest BCUT2D eigenvalue weighted by molar-refractivity contribution is 0.104. The number of ether oxygens (including phenoxy) is 2. The zero-order valence-corrected chi connectivity index (χ0v) is 19.3. The molecule has 0 fully saturated rings. The molecule has 0 unspecified atom stereocenters. The van der Waals surface area contributed by atoms with Gasteiger partial charge in [-0.15, -0.1) is 0 Å². The molecule has 166 valence electrons. The number of carbonyl (C=O) groups excluding carboxylic acids is 1. The Labute approximate surface area is 198 Å². The van der Waals surface area contributed by atoms with Crippen molar-refractivity contribution in [1.29, 1.82) is 0 Å². The first-order valence-corrected chi connectivity index (χ1v) is 10.9. The largest absolute Gasteiger partial charge is 0.496 e. The normalized spacial score (nSPS) is 11.0. The first kappa shape index (κ1) is 22.4. The second-order valence-electron chi connectivity index (χ2n) is 7.61. The van der Waals surface area contributed by atoms with Crippen LogP contribution in [0.3, 0.4) is 0 Å². The van der Waals surface area contributed by atoms with Crippen molar-refractivity contribution in [2.24, 2.45) is 0 Å². The van der Waals surface area contributed by atoms with Gasteiger partial charge in [0.05, 0.1) is 7.11 Å². The maximum atomic E-state index is 12.8. The summed E-state index contributed by atoms with van der Waals surface area (Å²) in [4.78, 5) is 12.8. The van der Waals surface area contributed by atoms with Crippen LogP contribution < -0.4 is 9.47 Å². The Bertz CT molecular complexity index is 1290. The molecule has 5 heteroatoms. The van der Waals surface area contributed by atoms with Crippen LogP contribution in [-0.2, 0) is 6.61 Å². The highest BCUT2D eigenvalue weighted by atomic mass is 35.5. The van der Waals surface area contributed by atoms with Gasteiger partial charge in [-0.3, -0.25) is 4.79 Å². The van der Waals surface area contributed by atoms with Gasteiger partial charge in [0.15, 0.2) is 5.78 Å². The van der Waals surface area contributed by atoms with E-state index in [0.717, 1.165) is 33.9 Å². The number of nitrogens with zero attached hydrogens (tertiary/aromatic N) is 1. The molecule has 4 rings (SSSR count). The Morgan fingerprint density at radius 3 is 2.58 bits per heavy atom. The lowest BCUT2D eigenvalue weighted by Crippen LogP contribution is -2.00. The number of aryl methyl sites for hydroxylation is 1. The molecule has 0 aliphatic rings. The molecule has 0 N–H and O–H groups in total. The standard InChI is InChI=1S/C28H24ClNO3/c1-20-16-25(10-11-26(20)29)33-19-23-17-21(9-13-28(23)32-2)8-12-27(31)22-6-5-7-24(18-22)30-14-3-4-15-30/h3-18H,19H2,1-2H3/b12-8+. The molecule has 0 amide bonds. The molecule has 1 aromatic heterocycles. The van der Waals surface area contributed by atoms with Gasteiger partial charge in [-0.2, -0.15) is 0 Å². The number of methoxy groups -OCH3 is 1. The van der Waals surface area contributed by atoms with Crippen LogP contribution in [0.1, 0.15) is 27.0 Å². The summed E-state index contributed by atoms with van der Waals surface area (Å²) in [5.74, 6) is 1.40. The van der Waals surface area contributed by atoms with Crippen molar-refractivity contribution in [1.82, 2.24) is 4.57 Å². The van der Waals surface area contributed by atoms with Crippen molar-refractivity contribution >= 4 is 23.5 Å². The fourth-order valence-corrected chi connectivity index (χ4v) is 3.60. The zero-order valence-electron chi connectivity index (χ0n) is 18.5. The molecule has 3 aromatic carbocycles. The van der Waals surface area contributed by atoms with E-state index in [2.05, 4.69) is 0 Å². The minimum absolute atomic E-state index is 0.0609. The third-order valence-electron chi connectivity index (χ3n) is 5.29. The third-order valence-corrected chi connectivity index (χ3v) is 5.71. The van der Waals surface area contributed by atoms with E-state index < -0.39 is 0 Å². The van der Waals surface area contributed by atoms with Crippen molar-refractivity contribution in [3.8, 4) is 17.2 Å². The van der Waals surface area contributed by atoms with Gasteiger partial charge in [0.25, 0.3) is 0 Å². The third kappa shape index (κ3) is 5.54. The second-order valence-corrected chi connectivity index (χ2v) is 8.02. The number of benzene rings is 3. The first-order valence-electron chi connectivity index (χ1n) is 10.5. The van der Waals surface area contributed by atoms with Crippen molar-refractivity contribution in [2.75, 3.05) is 7.11 Å². The number of rotatable bonds is 8. The summed E-state index contributed by atoms with van der Waals surface area (Å²) in [6, 6.07) is 22.8. The lowest BCUT2D eigenvalue weighted by Gasteiger charge is -2.12. The SMILES string of the molecule is COc1ccc(/C=C/C(=O)c2cccc(-n3cccc3)c2)cc1COc1ccc(Cl)c(C)c1. The summed E-state index contributed by atoms with van der Waals surface area (Å²) >= 11 is 6.09. The highest BCUT2D eigenvalue weighted by Crippen LogP contribution is 2.25. The Morgan fingerprint density at radius 2 is 1.82 bits per heavy atom. The smallest absolute Gasteiger partial charge is 0.185 e. The molecule has 0 saturated heterocycles. The number of ketones is 1. The van der Waals surface area contributed by atoms with Crippen LogP contribution in [-0.4, -0.2) is 17.5 Å². The topological polar surface area (TPSA) is 40.5 Å². The van der Waals surface area contributed by atoms with Crippen molar-refractivity contribution in [3.63, 3.8) is 0 Å². The van der Waals surface area contributed by atoms with Crippen LogP contribution in [0.5, 0.6) is 11.5 Å². The van der Waals surface area contributed by atoms with Gasteiger partial charge in [-0.25, -0.2) is 0 Å². The highest BCUT2D eigenvalue weighted by Gasteiger charge is 2.08. The molecule has 0 atom stereocenters. The Balaban J connectivity index is 1.49. The minimum Gasteiger partial charge on any atom is -0.496 e. The van der Waals surface area contributed by atoms with Crippen LogP contribution >= 0.6 is 11.6 Å². The fraction of sp³-hybridized carbons (Fsp3) is 0.107. The van der Waals surface area contributed by atoms with Gasteiger partial charge in [0.2, 0.25) is 0 Å². The fourth-order valence-electron chi connectivity index (χ4n) is 3.48. The molecule has 4 aromatic rings. The number of allylic oxidation sites excluding steroid dienone is 1. The summed E-state index contributed by atoms with van der Waals surface area (Å²) in [5.41, 5.74) is 4.30. The van der Waals surface area contributed by atoms with Crippen molar-refractivity contribution < 1.29 is 14.3 Å². The average Bonchev–Trinajstić information content (AvgIpc) is 3.38. The Kier molecular flexibility index (Phi) is 6.96. The molecular formula is C28H24ClNO3. The summed E-state index contributed by atoms with van der Waals surface area (Å²) < 4.78 is 13.4. The van der Waals surface area contributed by atoms with Crippen molar-refractivity contribution in [3.05, 3.63) is 119 Å². The van der Waals surface area contributed by atoms with E-state index in [-0.39, 0.29) is 5.78 Å². The van der Waals surface area contributed by atoms with E-state index in [1.807, 2.05) is 96.7 Å². The molecule has 0 aliphatic heterocycles. The summed E-state index contributed by atoms with van der Waals surface area (Å²) in [6.07, 6.45) is 7.29. The second kappa shape index (κ2) is 10.2. The van der Waals surface area contributed by atoms with Crippen LogP contribution in [0.25, 0.3) is 11.8 Å². The molecule has 1 heterocycles. The van der Waals surface area contributed by atoms with Crippen LogP contribution in [0.2, 0.25) is 5.02 Å². The molecule has 0 spiro atoms. The predicted octanol–water partition coefficient (Wildman–Crippen LogP) is 6.92. The number of aromatic nitrogens is 1. The summed E-state index contributed by atoms with van der Waals surface area (Å²) in [6.45, 7) is 2.27. The van der Waals surface area contributed by atoms with Gasteiger partial charge >= 0.3 is 0 Å². The van der Waals surface area contributed by atoms with Gasteiger partial charge in [-0.1, -0.05) is 35.9 Å². The van der Waals surface area contributed by atoms with E-state index >= 15 is 0 Å². The van der Waals surface area contributed by atoms with Crippen LogP contribution in [0.15, 0.2) is 91.3 Å². The van der Waals surface area contributed by atoms with Gasteiger partial charge in [-0.05, 0) is 78.7 Å². The number of hydrogen-bond donors (Lipinski definition) is 0. The van der Waals surface area contributed by atoms with E-state index in [9.17, 15) is 4.79 Å². The number of carbonyl (C=O) groups is 1. The number of hydrogen-bond acceptors (Lipinski definition) is 3. The van der Waals surface area contributed by atoms with E-state index in [1.165, 1.54) is 0 Å². The van der Waals surface area contributed by atoms with Crippen LogP contribution in [0.4, 0.5) is 0 Å². The monoisotopic (exact) mass is 457 g/mol. The molecule has 0 aliphatic carbocycles. The van der Waals surface area contributed by atoms with Gasteiger partial charge < -0.3 is 14.0 Å².